The zero-order valence-corrected chi connectivity index (χ0v) is 7.76. The highest BCUT2D eigenvalue weighted by molar-refractivity contribution is 5.39. The molecule has 1 aromatic rings. The number of fused-ring (bicyclic) bond motifs is 1. The molecule has 0 amide bonds. The Morgan fingerprint density at radius 1 is 1.33 bits per heavy atom. The van der Waals surface area contributed by atoms with Crippen LogP contribution in [0.3, 0.4) is 0 Å². The van der Waals surface area contributed by atoms with Crippen LogP contribution in [0, 0.1) is 0 Å². The summed E-state index contributed by atoms with van der Waals surface area (Å²) in [5.41, 5.74) is 2.91. The lowest BCUT2D eigenvalue weighted by Crippen LogP contribution is -2.05. The molecule has 0 unspecified atom stereocenters. The lowest BCUT2D eigenvalue weighted by molar-refractivity contribution is 0.408. The molecule has 0 spiro atoms. The van der Waals surface area contributed by atoms with Crippen LogP contribution in [0.1, 0.15) is 24.1 Å². The van der Waals surface area contributed by atoms with Gasteiger partial charge < -0.3 is 9.30 Å². The molecular weight excluding hydrogens is 150 g/mol. The minimum Gasteiger partial charge on any atom is -0.495 e. The largest absolute Gasteiger partial charge is 0.495 e. The minimum absolute atomic E-state index is 1.08. The van der Waals surface area contributed by atoms with Gasteiger partial charge in [-0.25, -0.2) is 0 Å². The fourth-order valence-electron chi connectivity index (χ4n) is 2.05. The molecular formula is C10H15NO. The Labute approximate surface area is 73.1 Å². The van der Waals surface area contributed by atoms with E-state index in [0.717, 1.165) is 5.75 Å². The Morgan fingerprint density at radius 3 is 2.83 bits per heavy atom. The number of hydrogen-bond acceptors (Lipinski definition) is 1. The van der Waals surface area contributed by atoms with Crippen LogP contribution in [0.2, 0.25) is 0 Å². The summed E-state index contributed by atoms with van der Waals surface area (Å²) in [6.07, 6.45) is 7.14. The first-order valence-corrected chi connectivity index (χ1v) is 4.54. The standard InChI is InChI=1S/C10H15NO/c1-11-7-10(12-2)8-5-3-4-6-9(8)11/h7H,3-6H2,1-2H3. The summed E-state index contributed by atoms with van der Waals surface area (Å²) in [6.45, 7) is 0. The van der Waals surface area contributed by atoms with Gasteiger partial charge in [-0.15, -0.1) is 0 Å². The van der Waals surface area contributed by atoms with Gasteiger partial charge in [-0.2, -0.15) is 0 Å². The average Bonchev–Trinajstić information content (AvgIpc) is 2.44. The summed E-state index contributed by atoms with van der Waals surface area (Å²) in [7, 11) is 3.86. The molecule has 0 radical (unpaired) electrons. The maximum Gasteiger partial charge on any atom is 0.139 e. The molecule has 1 heterocycles. The van der Waals surface area contributed by atoms with Crippen LogP contribution in [0.25, 0.3) is 0 Å². The molecule has 2 rings (SSSR count). The van der Waals surface area contributed by atoms with Gasteiger partial charge in [-0.1, -0.05) is 0 Å². The van der Waals surface area contributed by atoms with E-state index in [1.807, 2.05) is 0 Å². The van der Waals surface area contributed by atoms with Crippen molar-refractivity contribution in [2.45, 2.75) is 25.7 Å². The van der Waals surface area contributed by atoms with E-state index >= 15 is 0 Å². The fraction of sp³-hybridized carbons (Fsp3) is 0.600. The predicted octanol–water partition coefficient (Wildman–Crippen LogP) is 1.91. The van der Waals surface area contributed by atoms with Crippen LogP contribution in [-0.2, 0) is 19.9 Å². The van der Waals surface area contributed by atoms with Crippen LogP contribution in [-0.4, -0.2) is 11.7 Å². The third-order valence-corrected chi connectivity index (χ3v) is 2.69. The summed E-state index contributed by atoms with van der Waals surface area (Å²) in [4.78, 5) is 0. The maximum atomic E-state index is 5.31. The molecule has 1 aromatic heterocycles. The van der Waals surface area contributed by atoms with Crippen molar-refractivity contribution in [3.8, 4) is 5.75 Å². The number of rotatable bonds is 1. The van der Waals surface area contributed by atoms with E-state index in [1.165, 1.54) is 36.9 Å². The molecule has 0 fully saturated rings. The van der Waals surface area contributed by atoms with Gasteiger partial charge in [0.25, 0.3) is 0 Å². The first-order valence-electron chi connectivity index (χ1n) is 4.54. The molecule has 0 bridgehead atoms. The summed E-state index contributed by atoms with van der Waals surface area (Å²) >= 11 is 0. The van der Waals surface area contributed by atoms with E-state index in [-0.39, 0.29) is 0 Å². The highest BCUT2D eigenvalue weighted by Gasteiger charge is 2.17. The zero-order chi connectivity index (χ0) is 8.55. The third-order valence-electron chi connectivity index (χ3n) is 2.69. The van der Waals surface area contributed by atoms with Gasteiger partial charge in [0.15, 0.2) is 0 Å². The van der Waals surface area contributed by atoms with Crippen molar-refractivity contribution in [2.75, 3.05) is 7.11 Å². The van der Waals surface area contributed by atoms with Gasteiger partial charge in [0.05, 0.1) is 7.11 Å². The van der Waals surface area contributed by atoms with E-state index in [4.69, 9.17) is 4.74 Å². The quantitative estimate of drug-likeness (QED) is 0.620. The molecule has 0 atom stereocenters. The molecule has 2 heteroatoms. The van der Waals surface area contributed by atoms with Crippen LogP contribution in [0.5, 0.6) is 5.75 Å². The van der Waals surface area contributed by atoms with Gasteiger partial charge in [0, 0.05) is 24.5 Å². The number of methoxy groups -OCH3 is 1. The molecule has 0 saturated carbocycles. The third kappa shape index (κ3) is 1.02. The number of aromatic nitrogens is 1. The summed E-state index contributed by atoms with van der Waals surface area (Å²) in [6, 6.07) is 0. The van der Waals surface area contributed by atoms with Crippen molar-refractivity contribution in [3.05, 3.63) is 17.5 Å². The van der Waals surface area contributed by atoms with Crippen LogP contribution in [0.15, 0.2) is 6.20 Å². The molecule has 0 aliphatic heterocycles. The lowest BCUT2D eigenvalue weighted by Gasteiger charge is -2.13. The van der Waals surface area contributed by atoms with E-state index < -0.39 is 0 Å². The Kier molecular flexibility index (Phi) is 1.83. The van der Waals surface area contributed by atoms with Gasteiger partial charge >= 0.3 is 0 Å². The van der Waals surface area contributed by atoms with Crippen LogP contribution >= 0.6 is 0 Å². The second-order valence-corrected chi connectivity index (χ2v) is 3.44. The highest BCUT2D eigenvalue weighted by Crippen LogP contribution is 2.30. The average molecular weight is 165 g/mol. The summed E-state index contributed by atoms with van der Waals surface area (Å²) in [5, 5.41) is 0. The molecule has 2 nitrogen and oxygen atoms in total. The lowest BCUT2D eigenvalue weighted by atomic mass is 9.97. The van der Waals surface area contributed by atoms with Crippen molar-refractivity contribution in [2.24, 2.45) is 7.05 Å². The van der Waals surface area contributed by atoms with Crippen LogP contribution < -0.4 is 4.74 Å². The number of nitrogens with zero attached hydrogens (tertiary/aromatic N) is 1. The Balaban J connectivity index is 2.47. The van der Waals surface area contributed by atoms with Crippen LogP contribution in [0.4, 0.5) is 0 Å². The summed E-state index contributed by atoms with van der Waals surface area (Å²) in [5.74, 6) is 1.08. The molecule has 66 valence electrons. The number of ether oxygens (including phenoxy) is 1. The molecule has 0 saturated heterocycles. The molecule has 1 aliphatic carbocycles. The molecule has 0 aromatic carbocycles. The van der Waals surface area contributed by atoms with Crippen molar-refractivity contribution in [3.63, 3.8) is 0 Å². The Bertz CT molecular complexity index is 288. The van der Waals surface area contributed by atoms with Crippen molar-refractivity contribution < 1.29 is 4.74 Å². The van der Waals surface area contributed by atoms with E-state index in [2.05, 4.69) is 17.8 Å². The second kappa shape index (κ2) is 2.85. The molecule has 1 aliphatic rings. The van der Waals surface area contributed by atoms with Gasteiger partial charge in [0.1, 0.15) is 5.75 Å². The van der Waals surface area contributed by atoms with Gasteiger partial charge in [-0.05, 0) is 25.7 Å². The SMILES string of the molecule is COc1cn(C)c2c1CCCC2. The normalized spacial score (nSPS) is 15.8. The Morgan fingerprint density at radius 2 is 2.08 bits per heavy atom. The molecule has 0 N–H and O–H groups in total. The first kappa shape index (κ1) is 7.71. The fourth-order valence-corrected chi connectivity index (χ4v) is 2.05. The predicted molar refractivity (Wildman–Crippen MR) is 48.6 cm³/mol. The second-order valence-electron chi connectivity index (χ2n) is 3.44. The zero-order valence-electron chi connectivity index (χ0n) is 7.76. The van der Waals surface area contributed by atoms with E-state index in [0.29, 0.717) is 0 Å². The minimum atomic E-state index is 1.08. The molecule has 12 heavy (non-hydrogen) atoms. The smallest absolute Gasteiger partial charge is 0.139 e. The number of hydrogen-bond donors (Lipinski definition) is 0. The monoisotopic (exact) mass is 165 g/mol. The van der Waals surface area contributed by atoms with E-state index in [9.17, 15) is 0 Å². The van der Waals surface area contributed by atoms with Crippen molar-refractivity contribution in [1.82, 2.24) is 4.57 Å². The Hall–Kier alpha value is -0.920. The van der Waals surface area contributed by atoms with Gasteiger partial charge in [-0.3, -0.25) is 0 Å². The van der Waals surface area contributed by atoms with Crippen molar-refractivity contribution in [1.29, 1.82) is 0 Å². The summed E-state index contributed by atoms with van der Waals surface area (Å²) < 4.78 is 7.51. The first-order chi connectivity index (χ1) is 5.83. The number of aryl methyl sites for hydroxylation is 1. The van der Waals surface area contributed by atoms with E-state index in [1.54, 1.807) is 7.11 Å². The highest BCUT2D eigenvalue weighted by atomic mass is 16.5. The maximum absolute atomic E-state index is 5.31. The topological polar surface area (TPSA) is 14.2 Å². The van der Waals surface area contributed by atoms with Gasteiger partial charge in [0.2, 0.25) is 0 Å². The van der Waals surface area contributed by atoms with Crippen molar-refractivity contribution >= 4 is 0 Å².